The van der Waals surface area contributed by atoms with Gasteiger partial charge in [-0.1, -0.05) is 21.9 Å². The molecule has 0 aromatic carbocycles. The van der Waals surface area contributed by atoms with Crippen molar-refractivity contribution >= 4 is 21.7 Å². The van der Waals surface area contributed by atoms with E-state index in [1.54, 1.807) is 0 Å². The molecule has 0 atom stereocenters. The number of Topliss-reactive ketones (excluding diaryl/α,β-unsaturated/α-hetero) is 1. The van der Waals surface area contributed by atoms with Crippen LogP contribution in [0, 0.1) is 12.3 Å². The number of nitrogens with two attached hydrogens (primary N) is 1. The second-order valence-electron chi connectivity index (χ2n) is 1.67. The molecule has 0 bridgehead atoms. The largest absolute Gasteiger partial charge is 0.405 e. The van der Waals surface area contributed by atoms with Gasteiger partial charge in [-0.15, -0.1) is 6.42 Å². The number of carbonyl (C=O) groups is 1. The smallest absolute Gasteiger partial charge is 0.181 e. The summed E-state index contributed by atoms with van der Waals surface area (Å²) in [6.07, 6.45) is 9.40. The van der Waals surface area contributed by atoms with Crippen LogP contribution in [-0.2, 0) is 4.79 Å². The molecule has 0 aliphatic rings. The molecule has 0 heterocycles. The zero-order valence-corrected chi connectivity index (χ0v) is 7.47. The summed E-state index contributed by atoms with van der Waals surface area (Å²) in [6, 6.07) is 0. The monoisotopic (exact) mass is 213 g/mol. The van der Waals surface area contributed by atoms with Gasteiger partial charge in [-0.05, 0) is 18.4 Å². The third kappa shape index (κ3) is 3.64. The van der Waals surface area contributed by atoms with E-state index < -0.39 is 0 Å². The van der Waals surface area contributed by atoms with E-state index in [1.165, 1.54) is 18.4 Å². The van der Waals surface area contributed by atoms with Crippen molar-refractivity contribution in [3.63, 3.8) is 0 Å². The van der Waals surface area contributed by atoms with Gasteiger partial charge in [-0.3, -0.25) is 4.79 Å². The SMILES string of the molecule is C#C/C(=C\C=C/N)C(=O)CBr. The topological polar surface area (TPSA) is 43.1 Å². The molecule has 58 valence electrons. The zero-order chi connectivity index (χ0) is 8.69. The van der Waals surface area contributed by atoms with Gasteiger partial charge >= 0.3 is 0 Å². The molecule has 0 rings (SSSR count). The van der Waals surface area contributed by atoms with Crippen LogP contribution < -0.4 is 5.73 Å². The quantitative estimate of drug-likeness (QED) is 0.329. The zero-order valence-electron chi connectivity index (χ0n) is 5.88. The van der Waals surface area contributed by atoms with Crippen LogP contribution in [-0.4, -0.2) is 11.1 Å². The van der Waals surface area contributed by atoms with Crippen LogP contribution >= 0.6 is 15.9 Å². The molecule has 0 saturated heterocycles. The Morgan fingerprint density at radius 2 is 2.36 bits per heavy atom. The van der Waals surface area contributed by atoms with Gasteiger partial charge in [0.1, 0.15) is 0 Å². The van der Waals surface area contributed by atoms with Crippen LogP contribution in [0.15, 0.2) is 23.9 Å². The number of halogens is 1. The van der Waals surface area contributed by atoms with Gasteiger partial charge in [-0.2, -0.15) is 0 Å². The number of hydrogen-bond donors (Lipinski definition) is 1. The number of ketones is 1. The molecular weight excluding hydrogens is 206 g/mol. The lowest BCUT2D eigenvalue weighted by Crippen LogP contribution is -2.00. The summed E-state index contributed by atoms with van der Waals surface area (Å²) in [5.41, 5.74) is 5.38. The van der Waals surface area contributed by atoms with Gasteiger partial charge < -0.3 is 5.73 Å². The lowest BCUT2D eigenvalue weighted by atomic mass is 10.2. The number of hydrogen-bond acceptors (Lipinski definition) is 2. The Balaban J connectivity index is 4.43. The highest BCUT2D eigenvalue weighted by atomic mass is 79.9. The lowest BCUT2D eigenvalue weighted by Gasteiger charge is -1.90. The Morgan fingerprint density at radius 1 is 1.73 bits per heavy atom. The highest BCUT2D eigenvalue weighted by Gasteiger charge is 2.01. The minimum Gasteiger partial charge on any atom is -0.405 e. The van der Waals surface area contributed by atoms with Crippen LogP contribution in [0.4, 0.5) is 0 Å². The van der Waals surface area contributed by atoms with E-state index in [1.807, 2.05) is 0 Å². The number of rotatable bonds is 3. The number of allylic oxidation sites excluding steroid dienone is 3. The van der Waals surface area contributed by atoms with Crippen molar-refractivity contribution in [1.29, 1.82) is 0 Å². The maximum absolute atomic E-state index is 10.9. The molecule has 0 aromatic heterocycles. The molecule has 0 aliphatic carbocycles. The Bertz CT molecular complexity index is 235. The molecule has 0 unspecified atom stereocenters. The minimum atomic E-state index is -0.120. The molecule has 2 N–H and O–H groups in total. The molecule has 0 spiro atoms. The first-order chi connectivity index (χ1) is 5.26. The highest BCUT2D eigenvalue weighted by molar-refractivity contribution is 9.09. The molecule has 0 amide bonds. The molecule has 0 radical (unpaired) electrons. The van der Waals surface area contributed by atoms with E-state index >= 15 is 0 Å². The fourth-order valence-corrected chi connectivity index (χ4v) is 0.747. The molecule has 0 aromatic rings. The number of carbonyl (C=O) groups excluding carboxylic acids is 1. The van der Waals surface area contributed by atoms with Crippen LogP contribution in [0.1, 0.15) is 0 Å². The van der Waals surface area contributed by atoms with Crippen molar-refractivity contribution < 1.29 is 4.79 Å². The fourth-order valence-electron chi connectivity index (χ4n) is 0.445. The molecule has 2 nitrogen and oxygen atoms in total. The number of terminal acetylenes is 1. The van der Waals surface area contributed by atoms with Crippen molar-refractivity contribution in [3.05, 3.63) is 23.9 Å². The van der Waals surface area contributed by atoms with E-state index in [9.17, 15) is 4.79 Å². The molecule has 0 fully saturated rings. The van der Waals surface area contributed by atoms with E-state index in [-0.39, 0.29) is 11.1 Å². The highest BCUT2D eigenvalue weighted by Crippen LogP contribution is 1.97. The van der Waals surface area contributed by atoms with E-state index in [2.05, 4.69) is 21.9 Å². The average Bonchev–Trinajstić information content (AvgIpc) is 2.05. The van der Waals surface area contributed by atoms with Crippen LogP contribution in [0.5, 0.6) is 0 Å². The van der Waals surface area contributed by atoms with Crippen LogP contribution in [0.3, 0.4) is 0 Å². The Hall–Kier alpha value is -1.01. The van der Waals surface area contributed by atoms with Gasteiger partial charge in [0.25, 0.3) is 0 Å². The van der Waals surface area contributed by atoms with Gasteiger partial charge in [0, 0.05) is 0 Å². The van der Waals surface area contributed by atoms with Crippen molar-refractivity contribution in [2.24, 2.45) is 5.73 Å². The molecule has 0 saturated carbocycles. The Kier molecular flexibility index (Phi) is 5.22. The third-order valence-electron chi connectivity index (χ3n) is 0.951. The van der Waals surface area contributed by atoms with Gasteiger partial charge in [0.05, 0.1) is 10.9 Å². The first-order valence-electron chi connectivity index (χ1n) is 2.90. The van der Waals surface area contributed by atoms with Crippen molar-refractivity contribution in [2.75, 3.05) is 5.33 Å². The first-order valence-corrected chi connectivity index (χ1v) is 4.02. The standard InChI is InChI=1S/C8H8BrNO/c1-2-7(4-3-5-10)8(11)6-9/h1,3-5H,6,10H2/b5-3-,7-4+. The predicted molar refractivity (Wildman–Crippen MR) is 49.0 cm³/mol. The fraction of sp³-hybridized carbons (Fsp3) is 0.125. The third-order valence-corrected chi connectivity index (χ3v) is 1.46. The van der Waals surface area contributed by atoms with Crippen molar-refractivity contribution in [3.8, 4) is 12.3 Å². The summed E-state index contributed by atoms with van der Waals surface area (Å²) < 4.78 is 0. The maximum Gasteiger partial charge on any atom is 0.181 e. The lowest BCUT2D eigenvalue weighted by molar-refractivity contribution is -0.112. The summed E-state index contributed by atoms with van der Waals surface area (Å²) in [5.74, 6) is 2.14. The Labute approximate surface area is 74.3 Å². The van der Waals surface area contributed by atoms with Gasteiger partial charge in [0.15, 0.2) is 5.78 Å². The molecule has 11 heavy (non-hydrogen) atoms. The normalized spacial score (nSPS) is 11.5. The maximum atomic E-state index is 10.9. The number of alkyl halides is 1. The second kappa shape index (κ2) is 5.75. The average molecular weight is 214 g/mol. The predicted octanol–water partition coefficient (Wildman–Crippen LogP) is 0.982. The summed E-state index contributed by atoms with van der Waals surface area (Å²) in [4.78, 5) is 10.9. The second-order valence-corrected chi connectivity index (χ2v) is 2.23. The van der Waals surface area contributed by atoms with Crippen molar-refractivity contribution in [1.82, 2.24) is 0 Å². The first kappa shape index (κ1) is 9.99. The summed E-state index contributed by atoms with van der Waals surface area (Å²) >= 11 is 3.01. The van der Waals surface area contributed by atoms with Gasteiger partial charge in [0.2, 0.25) is 0 Å². The Morgan fingerprint density at radius 3 is 2.73 bits per heavy atom. The van der Waals surface area contributed by atoms with E-state index in [0.29, 0.717) is 5.57 Å². The summed E-state index contributed by atoms with van der Waals surface area (Å²) in [6.45, 7) is 0. The van der Waals surface area contributed by atoms with Crippen LogP contribution in [0.2, 0.25) is 0 Å². The summed E-state index contributed by atoms with van der Waals surface area (Å²) in [7, 11) is 0. The van der Waals surface area contributed by atoms with Crippen LogP contribution in [0.25, 0.3) is 0 Å². The minimum absolute atomic E-state index is 0.120. The molecular formula is C8H8BrNO. The van der Waals surface area contributed by atoms with Crippen molar-refractivity contribution in [2.45, 2.75) is 0 Å². The molecule has 3 heteroatoms. The van der Waals surface area contributed by atoms with E-state index in [4.69, 9.17) is 12.2 Å². The van der Waals surface area contributed by atoms with Gasteiger partial charge in [-0.25, -0.2) is 0 Å². The van der Waals surface area contributed by atoms with E-state index in [0.717, 1.165) is 0 Å². The summed E-state index contributed by atoms with van der Waals surface area (Å²) in [5, 5.41) is 0.238. The molecule has 0 aliphatic heterocycles.